The Kier molecular flexibility index (Phi) is 4.13. The average molecular weight is 302 g/mol. The van der Waals surface area contributed by atoms with Crippen molar-refractivity contribution in [1.82, 2.24) is 9.55 Å². The molecule has 0 aliphatic carbocycles. The summed E-state index contributed by atoms with van der Waals surface area (Å²) in [4.78, 5) is 19.7. The number of anilines is 1. The van der Waals surface area contributed by atoms with Crippen molar-refractivity contribution in [1.29, 1.82) is 0 Å². The normalized spacial score (nSPS) is 17.0. The Bertz CT molecular complexity index is 733. The van der Waals surface area contributed by atoms with Crippen LogP contribution in [0, 0.1) is 0 Å². The van der Waals surface area contributed by atoms with Crippen molar-refractivity contribution < 1.29 is 4.74 Å². The zero-order valence-corrected chi connectivity index (χ0v) is 13.1. The first-order valence-corrected chi connectivity index (χ1v) is 7.75. The molecule has 0 amide bonds. The monoisotopic (exact) mass is 302 g/mol. The Morgan fingerprint density at radius 3 is 2.73 bits per heavy atom. The molecule has 1 aliphatic heterocycles. The first-order valence-electron chi connectivity index (χ1n) is 7.75. The van der Waals surface area contributed by atoms with Gasteiger partial charge in [0.1, 0.15) is 0 Å². The highest BCUT2D eigenvalue weighted by Crippen LogP contribution is 2.22. The second kappa shape index (κ2) is 6.06. The van der Waals surface area contributed by atoms with Crippen molar-refractivity contribution in [2.45, 2.75) is 26.4 Å². The van der Waals surface area contributed by atoms with E-state index in [1.165, 1.54) is 0 Å². The van der Waals surface area contributed by atoms with Gasteiger partial charge in [-0.3, -0.25) is 9.36 Å². The zero-order chi connectivity index (χ0) is 15.7. The summed E-state index contributed by atoms with van der Waals surface area (Å²) >= 11 is 0. The highest BCUT2D eigenvalue weighted by molar-refractivity contribution is 5.82. The van der Waals surface area contributed by atoms with Crippen molar-refractivity contribution in [3.05, 3.63) is 34.1 Å². The number of nitrogens with zero attached hydrogens (tertiary/aromatic N) is 3. The number of morpholine rings is 1. The number of benzene rings is 1. The Hall–Kier alpha value is -1.92. The van der Waals surface area contributed by atoms with Gasteiger partial charge in [-0.25, -0.2) is 4.98 Å². The van der Waals surface area contributed by atoms with Gasteiger partial charge >= 0.3 is 0 Å². The lowest BCUT2D eigenvalue weighted by molar-refractivity contribution is 0.121. The third kappa shape index (κ3) is 2.48. The number of ether oxygens (including phenoxy) is 1. The van der Waals surface area contributed by atoms with E-state index in [1.54, 1.807) is 4.57 Å². The smallest absolute Gasteiger partial charge is 0.262 e. The summed E-state index contributed by atoms with van der Waals surface area (Å²) in [6.45, 7) is 7.29. The molecule has 1 aliphatic rings. The molecule has 3 rings (SSSR count). The Labute approximate surface area is 129 Å². The predicted octanol–water partition coefficient (Wildman–Crippen LogP) is 1.27. The van der Waals surface area contributed by atoms with E-state index >= 15 is 0 Å². The molecule has 2 heterocycles. The molecule has 2 N–H and O–H groups in total. The first-order chi connectivity index (χ1) is 10.6. The van der Waals surface area contributed by atoms with Crippen molar-refractivity contribution in [2.24, 2.45) is 5.73 Å². The molecule has 6 nitrogen and oxygen atoms in total. The highest BCUT2D eigenvalue weighted by Gasteiger charge is 2.20. The molecule has 1 aromatic heterocycles. The summed E-state index contributed by atoms with van der Waals surface area (Å²) in [5.41, 5.74) is 7.67. The maximum Gasteiger partial charge on any atom is 0.262 e. The summed E-state index contributed by atoms with van der Waals surface area (Å²) in [5, 5.41) is 0.633. The molecular weight excluding hydrogens is 280 g/mol. The van der Waals surface area contributed by atoms with Crippen LogP contribution in [-0.2, 0) is 11.3 Å². The maximum atomic E-state index is 12.8. The lowest BCUT2D eigenvalue weighted by atomic mass is 10.1. The van der Waals surface area contributed by atoms with E-state index in [0.29, 0.717) is 30.7 Å². The van der Waals surface area contributed by atoms with Crippen molar-refractivity contribution >= 4 is 16.9 Å². The fourth-order valence-corrected chi connectivity index (χ4v) is 2.91. The first kappa shape index (κ1) is 15.0. The van der Waals surface area contributed by atoms with Crippen LogP contribution in [0.15, 0.2) is 23.0 Å². The van der Waals surface area contributed by atoms with Crippen LogP contribution in [0.2, 0.25) is 0 Å². The molecule has 1 unspecified atom stereocenters. The molecule has 1 fully saturated rings. The van der Waals surface area contributed by atoms with Gasteiger partial charge in [0.15, 0.2) is 0 Å². The van der Waals surface area contributed by atoms with E-state index in [1.807, 2.05) is 32.0 Å². The SMILES string of the molecule is CCn1c(N2CCOCC2)nc2c(C(C)N)cccc2c1=O. The molecule has 0 bridgehead atoms. The molecule has 0 radical (unpaired) electrons. The van der Waals surface area contributed by atoms with Gasteiger partial charge in [-0.2, -0.15) is 0 Å². The van der Waals surface area contributed by atoms with Gasteiger partial charge in [-0.05, 0) is 25.5 Å². The summed E-state index contributed by atoms with van der Waals surface area (Å²) in [5.74, 6) is 0.719. The fraction of sp³-hybridized carbons (Fsp3) is 0.500. The molecule has 1 aromatic carbocycles. The Morgan fingerprint density at radius 2 is 2.09 bits per heavy atom. The van der Waals surface area contributed by atoms with Crippen LogP contribution < -0.4 is 16.2 Å². The second-order valence-electron chi connectivity index (χ2n) is 5.59. The Morgan fingerprint density at radius 1 is 1.36 bits per heavy atom. The standard InChI is InChI=1S/C16H22N4O2/c1-3-20-15(21)13-6-4-5-12(11(2)17)14(13)18-16(20)19-7-9-22-10-8-19/h4-6,11H,3,7-10,17H2,1-2H3. The van der Waals surface area contributed by atoms with Crippen molar-refractivity contribution in [3.63, 3.8) is 0 Å². The van der Waals surface area contributed by atoms with Crippen LogP contribution in [0.25, 0.3) is 10.9 Å². The van der Waals surface area contributed by atoms with Crippen LogP contribution in [0.1, 0.15) is 25.5 Å². The molecule has 2 aromatic rings. The zero-order valence-electron chi connectivity index (χ0n) is 13.1. The number of nitrogens with two attached hydrogens (primary N) is 1. The van der Waals surface area contributed by atoms with Gasteiger partial charge in [0, 0.05) is 25.7 Å². The lowest BCUT2D eigenvalue weighted by Gasteiger charge is -2.30. The number of para-hydroxylation sites is 1. The van der Waals surface area contributed by atoms with Gasteiger partial charge in [0.05, 0.1) is 24.1 Å². The van der Waals surface area contributed by atoms with Crippen molar-refractivity contribution in [3.8, 4) is 0 Å². The lowest BCUT2D eigenvalue weighted by Crippen LogP contribution is -2.40. The largest absolute Gasteiger partial charge is 0.378 e. The third-order valence-electron chi connectivity index (χ3n) is 4.10. The number of hydrogen-bond donors (Lipinski definition) is 1. The van der Waals surface area contributed by atoms with E-state index in [-0.39, 0.29) is 11.6 Å². The summed E-state index contributed by atoms with van der Waals surface area (Å²) in [6.07, 6.45) is 0. The van der Waals surface area contributed by atoms with Crippen LogP contribution >= 0.6 is 0 Å². The van der Waals surface area contributed by atoms with E-state index in [0.717, 1.165) is 24.6 Å². The quantitative estimate of drug-likeness (QED) is 0.924. The number of hydrogen-bond acceptors (Lipinski definition) is 5. The molecule has 0 spiro atoms. The van der Waals surface area contributed by atoms with Crippen LogP contribution in [-0.4, -0.2) is 35.9 Å². The average Bonchev–Trinajstić information content (AvgIpc) is 2.55. The maximum absolute atomic E-state index is 12.8. The topological polar surface area (TPSA) is 73.4 Å². The van der Waals surface area contributed by atoms with Gasteiger partial charge in [0.2, 0.25) is 5.95 Å². The molecule has 22 heavy (non-hydrogen) atoms. The van der Waals surface area contributed by atoms with Crippen molar-refractivity contribution in [2.75, 3.05) is 31.2 Å². The van der Waals surface area contributed by atoms with E-state index in [2.05, 4.69) is 4.90 Å². The van der Waals surface area contributed by atoms with E-state index in [4.69, 9.17) is 15.5 Å². The van der Waals surface area contributed by atoms with Gasteiger partial charge in [-0.15, -0.1) is 0 Å². The summed E-state index contributed by atoms with van der Waals surface area (Å²) < 4.78 is 7.13. The summed E-state index contributed by atoms with van der Waals surface area (Å²) in [7, 11) is 0. The number of fused-ring (bicyclic) bond motifs is 1. The number of aromatic nitrogens is 2. The minimum Gasteiger partial charge on any atom is -0.378 e. The molecule has 1 atom stereocenters. The predicted molar refractivity (Wildman–Crippen MR) is 87.3 cm³/mol. The third-order valence-corrected chi connectivity index (χ3v) is 4.10. The van der Waals surface area contributed by atoms with E-state index < -0.39 is 0 Å². The van der Waals surface area contributed by atoms with Gasteiger partial charge in [-0.1, -0.05) is 12.1 Å². The van der Waals surface area contributed by atoms with Gasteiger partial charge in [0.25, 0.3) is 5.56 Å². The van der Waals surface area contributed by atoms with Crippen LogP contribution in [0.4, 0.5) is 5.95 Å². The summed E-state index contributed by atoms with van der Waals surface area (Å²) in [6, 6.07) is 5.48. The fourth-order valence-electron chi connectivity index (χ4n) is 2.91. The molecular formula is C16H22N4O2. The number of rotatable bonds is 3. The highest BCUT2D eigenvalue weighted by atomic mass is 16.5. The van der Waals surface area contributed by atoms with Crippen LogP contribution in [0.3, 0.4) is 0 Å². The molecule has 0 saturated carbocycles. The molecule has 6 heteroatoms. The molecule has 1 saturated heterocycles. The minimum atomic E-state index is -0.161. The van der Waals surface area contributed by atoms with Gasteiger partial charge < -0.3 is 15.4 Å². The Balaban J connectivity index is 2.26. The molecule has 118 valence electrons. The second-order valence-corrected chi connectivity index (χ2v) is 5.59. The minimum absolute atomic E-state index is 0.00325. The van der Waals surface area contributed by atoms with E-state index in [9.17, 15) is 4.79 Å². The van der Waals surface area contributed by atoms with Crippen LogP contribution in [0.5, 0.6) is 0 Å².